The number of urea groups is 1. The van der Waals surface area contributed by atoms with E-state index >= 15 is 0 Å². The van der Waals surface area contributed by atoms with Crippen LogP contribution in [0.5, 0.6) is 0 Å². The molecule has 2 amide bonds. The first-order valence-electron chi connectivity index (χ1n) is 10.4. The molecular weight excluding hydrogens is 435 g/mol. The molecule has 7 nitrogen and oxygen atoms in total. The standard InChI is InChI=1S/C23H22F3N5O2/c24-23(25,26)17-6-1-4-15(12-17)16-5-2-7-18(13-16)28-22(33)30-20-9-10-27-21(29-20)31-11-3-8-19(31)14-32/h1-2,4-7,9-10,12-13,19,32H,3,8,11,14H2,(H2,27,28,29,30,33). The molecule has 1 unspecified atom stereocenters. The summed E-state index contributed by atoms with van der Waals surface area (Å²) in [5.41, 5.74) is 0.597. The molecule has 0 aliphatic carbocycles. The number of rotatable bonds is 5. The van der Waals surface area contributed by atoms with Crippen molar-refractivity contribution in [3.05, 3.63) is 66.4 Å². The van der Waals surface area contributed by atoms with Gasteiger partial charge in [-0.05, 0) is 54.3 Å². The molecule has 33 heavy (non-hydrogen) atoms. The molecule has 0 bridgehead atoms. The third-order valence-electron chi connectivity index (χ3n) is 5.37. The summed E-state index contributed by atoms with van der Waals surface area (Å²) in [4.78, 5) is 23.0. The molecule has 0 spiro atoms. The lowest BCUT2D eigenvalue weighted by Crippen LogP contribution is -2.33. The number of benzene rings is 2. The van der Waals surface area contributed by atoms with Crippen molar-refractivity contribution in [2.45, 2.75) is 25.1 Å². The number of hydrogen-bond acceptors (Lipinski definition) is 5. The smallest absolute Gasteiger partial charge is 0.394 e. The van der Waals surface area contributed by atoms with Crippen LogP contribution in [0.2, 0.25) is 0 Å². The number of carbonyl (C=O) groups excluding carboxylic acids is 1. The molecule has 1 fully saturated rings. The van der Waals surface area contributed by atoms with Crippen molar-refractivity contribution in [2.24, 2.45) is 0 Å². The predicted octanol–water partition coefficient (Wildman–Crippen LogP) is 4.77. The summed E-state index contributed by atoms with van der Waals surface area (Å²) in [6.07, 6.45) is -1.14. The average molecular weight is 457 g/mol. The molecule has 0 radical (unpaired) electrons. The van der Waals surface area contributed by atoms with Gasteiger partial charge in [0.2, 0.25) is 5.95 Å². The highest BCUT2D eigenvalue weighted by Gasteiger charge is 2.30. The van der Waals surface area contributed by atoms with Gasteiger partial charge in [0.25, 0.3) is 0 Å². The van der Waals surface area contributed by atoms with Crippen LogP contribution in [0.25, 0.3) is 11.1 Å². The molecular formula is C23H22F3N5O2. The van der Waals surface area contributed by atoms with Crippen molar-refractivity contribution < 1.29 is 23.1 Å². The number of aliphatic hydroxyl groups excluding tert-OH is 1. The second-order valence-corrected chi connectivity index (χ2v) is 7.65. The number of anilines is 3. The van der Waals surface area contributed by atoms with Crippen molar-refractivity contribution in [3.8, 4) is 11.1 Å². The van der Waals surface area contributed by atoms with Gasteiger partial charge in [-0.2, -0.15) is 18.2 Å². The number of halogens is 3. The van der Waals surface area contributed by atoms with Crippen molar-refractivity contribution in [1.82, 2.24) is 9.97 Å². The Labute approximate surface area is 188 Å². The Morgan fingerprint density at radius 3 is 2.61 bits per heavy atom. The first kappa shape index (κ1) is 22.5. The number of nitrogens with zero attached hydrogens (tertiary/aromatic N) is 3. The van der Waals surface area contributed by atoms with Crippen molar-refractivity contribution >= 4 is 23.5 Å². The molecule has 3 aromatic rings. The molecule has 3 N–H and O–H groups in total. The number of amides is 2. The van der Waals surface area contributed by atoms with E-state index in [1.54, 1.807) is 36.4 Å². The van der Waals surface area contributed by atoms with Crippen LogP contribution in [-0.4, -0.2) is 40.3 Å². The van der Waals surface area contributed by atoms with E-state index < -0.39 is 17.8 Å². The minimum absolute atomic E-state index is 0.00369. The van der Waals surface area contributed by atoms with Crippen molar-refractivity contribution in [2.75, 3.05) is 28.7 Å². The highest BCUT2D eigenvalue weighted by molar-refractivity contribution is 5.99. The Hall–Kier alpha value is -3.66. The van der Waals surface area contributed by atoms with Crippen LogP contribution in [0.3, 0.4) is 0 Å². The Morgan fingerprint density at radius 2 is 1.85 bits per heavy atom. The number of nitrogens with one attached hydrogen (secondary N) is 2. The minimum atomic E-state index is -4.44. The SMILES string of the molecule is O=C(Nc1cccc(-c2cccc(C(F)(F)F)c2)c1)Nc1ccnc(N2CCCC2CO)n1. The van der Waals surface area contributed by atoms with E-state index in [-0.39, 0.29) is 18.5 Å². The van der Waals surface area contributed by atoms with Crippen molar-refractivity contribution in [3.63, 3.8) is 0 Å². The van der Waals surface area contributed by atoms with Gasteiger partial charge in [-0.3, -0.25) is 5.32 Å². The molecule has 1 atom stereocenters. The zero-order valence-corrected chi connectivity index (χ0v) is 17.5. The molecule has 4 rings (SSSR count). The fourth-order valence-electron chi connectivity index (χ4n) is 3.78. The summed E-state index contributed by atoms with van der Waals surface area (Å²) in [6, 6.07) is 12.5. The lowest BCUT2D eigenvalue weighted by molar-refractivity contribution is -0.137. The number of alkyl halides is 3. The fourth-order valence-corrected chi connectivity index (χ4v) is 3.78. The maximum Gasteiger partial charge on any atom is 0.416 e. The van der Waals surface area contributed by atoms with Gasteiger partial charge in [0.1, 0.15) is 5.82 Å². The Bertz CT molecular complexity index is 1140. The Kier molecular flexibility index (Phi) is 6.45. The van der Waals surface area contributed by atoms with Crippen molar-refractivity contribution in [1.29, 1.82) is 0 Å². The van der Waals surface area contributed by atoms with Crippen LogP contribution >= 0.6 is 0 Å². The summed E-state index contributed by atoms with van der Waals surface area (Å²) >= 11 is 0. The third kappa shape index (κ3) is 5.40. The second kappa shape index (κ2) is 9.45. The van der Waals surface area contributed by atoms with Crippen LogP contribution in [0.1, 0.15) is 18.4 Å². The van der Waals surface area contributed by atoms with Gasteiger partial charge in [0, 0.05) is 18.4 Å². The Balaban J connectivity index is 1.45. The molecule has 2 heterocycles. The summed E-state index contributed by atoms with van der Waals surface area (Å²) in [7, 11) is 0. The zero-order valence-electron chi connectivity index (χ0n) is 17.5. The Morgan fingerprint density at radius 1 is 1.09 bits per heavy atom. The highest BCUT2D eigenvalue weighted by atomic mass is 19.4. The topological polar surface area (TPSA) is 90.4 Å². The third-order valence-corrected chi connectivity index (χ3v) is 5.37. The molecule has 1 aliphatic rings. The van der Waals surface area contributed by atoms with E-state index in [0.717, 1.165) is 31.5 Å². The van der Waals surface area contributed by atoms with E-state index in [0.29, 0.717) is 22.8 Å². The predicted molar refractivity (Wildman–Crippen MR) is 119 cm³/mol. The highest BCUT2D eigenvalue weighted by Crippen LogP contribution is 2.32. The molecule has 2 aromatic carbocycles. The monoisotopic (exact) mass is 457 g/mol. The number of aromatic nitrogens is 2. The van der Waals surface area contributed by atoms with E-state index in [1.807, 2.05) is 4.90 Å². The van der Waals surface area contributed by atoms with Gasteiger partial charge in [0.05, 0.1) is 18.2 Å². The lowest BCUT2D eigenvalue weighted by atomic mass is 10.0. The maximum atomic E-state index is 13.0. The summed E-state index contributed by atoms with van der Waals surface area (Å²) < 4.78 is 39.1. The van der Waals surface area contributed by atoms with Gasteiger partial charge in [-0.15, -0.1) is 0 Å². The summed E-state index contributed by atoms with van der Waals surface area (Å²) in [5, 5.41) is 14.8. The minimum Gasteiger partial charge on any atom is -0.394 e. The summed E-state index contributed by atoms with van der Waals surface area (Å²) in [5.74, 6) is 0.714. The van der Waals surface area contributed by atoms with Crippen LogP contribution < -0.4 is 15.5 Å². The summed E-state index contributed by atoms with van der Waals surface area (Å²) in [6.45, 7) is 0.729. The van der Waals surface area contributed by atoms with Crippen LogP contribution in [0.4, 0.5) is 35.4 Å². The van der Waals surface area contributed by atoms with Gasteiger partial charge >= 0.3 is 12.2 Å². The van der Waals surface area contributed by atoms with Crippen LogP contribution in [-0.2, 0) is 6.18 Å². The number of hydrogen-bond donors (Lipinski definition) is 3. The van der Waals surface area contributed by atoms with E-state index in [2.05, 4.69) is 20.6 Å². The van der Waals surface area contributed by atoms with Gasteiger partial charge in [-0.1, -0.05) is 24.3 Å². The van der Waals surface area contributed by atoms with Gasteiger partial charge in [0.15, 0.2) is 0 Å². The number of carbonyl (C=O) groups is 1. The second-order valence-electron chi connectivity index (χ2n) is 7.65. The number of aliphatic hydroxyl groups is 1. The van der Waals surface area contributed by atoms with Gasteiger partial charge in [-0.25, -0.2) is 9.78 Å². The van der Waals surface area contributed by atoms with E-state index in [1.165, 1.54) is 12.3 Å². The molecule has 1 aromatic heterocycles. The van der Waals surface area contributed by atoms with E-state index in [9.17, 15) is 23.1 Å². The maximum absolute atomic E-state index is 13.0. The van der Waals surface area contributed by atoms with Crippen LogP contribution in [0.15, 0.2) is 60.8 Å². The average Bonchev–Trinajstić information content (AvgIpc) is 3.28. The molecule has 172 valence electrons. The zero-order chi connectivity index (χ0) is 23.4. The van der Waals surface area contributed by atoms with Gasteiger partial charge < -0.3 is 15.3 Å². The fraction of sp³-hybridized carbons (Fsp3) is 0.261. The molecule has 10 heteroatoms. The molecule has 1 aliphatic heterocycles. The quantitative estimate of drug-likeness (QED) is 0.514. The van der Waals surface area contributed by atoms with Crippen LogP contribution in [0, 0.1) is 0 Å². The van der Waals surface area contributed by atoms with E-state index in [4.69, 9.17) is 0 Å². The largest absolute Gasteiger partial charge is 0.416 e. The first-order chi connectivity index (χ1) is 15.8. The molecule has 1 saturated heterocycles. The molecule has 0 saturated carbocycles. The lowest BCUT2D eigenvalue weighted by Gasteiger charge is -2.23. The first-order valence-corrected chi connectivity index (χ1v) is 10.4. The normalized spacial score (nSPS) is 16.0.